The standard InChI is InChI=1S/C12H23N.C9H18FNO.C8H9NO.C2H6.CH3NOS.CH4S/c1-10-12(8-9-13(10)2)11-6-4-3-5-7-11;1-2-8(7-12)4-3-5-9(11)6-10;1-7-2-4-8(5-3-7)9-6-10;1-2;3-1-2-4;1-2/h10-12H,3-9H2,1-2H3;7-9H,2-6,11H2,1H3;2-6H,1H3,(H,9,10);1-2H3;1,4H,(H,2,3);2H,1H3. The van der Waals surface area contributed by atoms with Gasteiger partial charge in [-0.2, -0.15) is 12.6 Å². The fourth-order valence-electron chi connectivity index (χ4n) is 5.12. The Morgan fingerprint density at radius 2 is 1.58 bits per heavy atom. The van der Waals surface area contributed by atoms with Crippen molar-refractivity contribution >= 4 is 50.2 Å². The molecule has 0 radical (unpaired) electrons. The molecule has 0 aromatic heterocycles. The molecule has 1 heterocycles. The molecule has 2 aliphatic rings. The van der Waals surface area contributed by atoms with E-state index >= 15 is 0 Å². The number of aldehydes is 1. The summed E-state index contributed by atoms with van der Waals surface area (Å²) in [7, 11) is 2.29. The number of carbonyl (C=O) groups is 3. The van der Waals surface area contributed by atoms with Gasteiger partial charge in [0.2, 0.25) is 12.8 Å². The second-order valence-corrected chi connectivity index (χ2v) is 10.9. The van der Waals surface area contributed by atoms with Gasteiger partial charge in [0.1, 0.15) is 13.0 Å². The molecule has 4 atom stereocenters. The second kappa shape index (κ2) is 33.3. The van der Waals surface area contributed by atoms with Crippen LogP contribution in [0.3, 0.4) is 0 Å². The Kier molecular flexibility index (Phi) is 35.4. The second-order valence-electron chi connectivity index (χ2n) is 10.6. The molecule has 7 nitrogen and oxygen atoms in total. The number of aryl methyl sites for hydroxylation is 1. The van der Waals surface area contributed by atoms with Crippen LogP contribution in [0.25, 0.3) is 0 Å². The zero-order valence-corrected chi connectivity index (χ0v) is 29.7. The summed E-state index contributed by atoms with van der Waals surface area (Å²) in [6, 6.07) is 8.14. The summed E-state index contributed by atoms with van der Waals surface area (Å²) >= 11 is 6.83. The van der Waals surface area contributed by atoms with Gasteiger partial charge in [0.25, 0.3) is 0 Å². The maximum absolute atomic E-state index is 11.9. The van der Waals surface area contributed by atoms with E-state index in [1.807, 2.05) is 56.7 Å². The molecule has 0 spiro atoms. The Hall–Kier alpha value is -1.62. The number of amides is 2. The lowest BCUT2D eigenvalue weighted by Gasteiger charge is -2.31. The molecule has 10 heteroatoms. The van der Waals surface area contributed by atoms with E-state index in [-0.39, 0.29) is 12.0 Å². The minimum Gasteiger partial charge on any atom is -0.329 e. The van der Waals surface area contributed by atoms with Crippen LogP contribution in [0.5, 0.6) is 0 Å². The molecule has 1 aliphatic carbocycles. The maximum Gasteiger partial charge on any atom is 0.216 e. The number of likely N-dealkylation sites (tertiary alicyclic amines) is 1. The summed E-state index contributed by atoms with van der Waals surface area (Å²) in [5.41, 5.74) is 7.40. The lowest BCUT2D eigenvalue weighted by molar-refractivity contribution is -0.111. The van der Waals surface area contributed by atoms with Gasteiger partial charge in [-0.1, -0.05) is 89.8 Å². The lowest BCUT2D eigenvalue weighted by atomic mass is 9.77. The average molecular weight is 647 g/mol. The molecule has 4 N–H and O–H groups in total. The number of nitrogens with zero attached hydrogens (tertiary/aromatic N) is 1. The summed E-state index contributed by atoms with van der Waals surface area (Å²) in [5, 5.41) is 2.55. The normalized spacial score (nSPS) is 18.8. The van der Waals surface area contributed by atoms with Crippen LogP contribution < -0.4 is 15.8 Å². The molecule has 4 unspecified atom stereocenters. The first-order valence-electron chi connectivity index (χ1n) is 15.8. The van der Waals surface area contributed by atoms with E-state index in [1.165, 1.54) is 50.6 Å². The molecular weight excluding hydrogens is 584 g/mol. The van der Waals surface area contributed by atoms with Crippen molar-refractivity contribution in [2.75, 3.05) is 31.8 Å². The highest BCUT2D eigenvalue weighted by Crippen LogP contribution is 2.37. The van der Waals surface area contributed by atoms with Crippen LogP contribution in [0.4, 0.5) is 10.1 Å². The van der Waals surface area contributed by atoms with Gasteiger partial charge in [-0.05, 0) is 83.3 Å². The Bertz CT molecular complexity index is 756. The van der Waals surface area contributed by atoms with Gasteiger partial charge >= 0.3 is 0 Å². The number of hydrogen-bond donors (Lipinski definition) is 5. The fourth-order valence-corrected chi connectivity index (χ4v) is 5.12. The Morgan fingerprint density at radius 1 is 1.02 bits per heavy atom. The molecule has 252 valence electrons. The van der Waals surface area contributed by atoms with Crippen LogP contribution in [-0.2, 0) is 14.4 Å². The number of anilines is 1. The Morgan fingerprint density at radius 3 is 1.98 bits per heavy atom. The molecule has 2 fully saturated rings. The van der Waals surface area contributed by atoms with Gasteiger partial charge in [0.15, 0.2) is 0 Å². The van der Waals surface area contributed by atoms with Crippen LogP contribution in [0, 0.1) is 24.7 Å². The van der Waals surface area contributed by atoms with Crippen LogP contribution >= 0.6 is 25.4 Å². The van der Waals surface area contributed by atoms with Gasteiger partial charge in [-0.15, -0.1) is 0 Å². The number of nitrogens with one attached hydrogen (secondary N) is 2. The third-order valence-corrected chi connectivity index (χ3v) is 7.89. The van der Waals surface area contributed by atoms with Crippen molar-refractivity contribution in [2.24, 2.45) is 23.5 Å². The van der Waals surface area contributed by atoms with Gasteiger partial charge in [-0.25, -0.2) is 4.39 Å². The van der Waals surface area contributed by atoms with Crippen LogP contribution in [-0.4, -0.2) is 62.6 Å². The average Bonchev–Trinajstić information content (AvgIpc) is 3.40. The van der Waals surface area contributed by atoms with Crippen molar-refractivity contribution in [3.63, 3.8) is 0 Å². The Labute approximate surface area is 274 Å². The highest BCUT2D eigenvalue weighted by atomic mass is 32.1. The van der Waals surface area contributed by atoms with Gasteiger partial charge in [0, 0.05) is 23.7 Å². The number of nitrogens with two attached hydrogens (primary N) is 1. The number of carbonyl (C=O) groups excluding carboxylic acids is 3. The third-order valence-electron chi connectivity index (χ3n) is 7.78. The van der Waals surface area contributed by atoms with E-state index in [4.69, 9.17) is 10.5 Å². The van der Waals surface area contributed by atoms with Gasteiger partial charge < -0.3 is 25.5 Å². The van der Waals surface area contributed by atoms with Crippen molar-refractivity contribution < 1.29 is 18.8 Å². The van der Waals surface area contributed by atoms with Crippen molar-refractivity contribution in [1.82, 2.24) is 9.62 Å². The number of alkyl halides is 1. The first kappa shape index (κ1) is 45.8. The van der Waals surface area contributed by atoms with Gasteiger partial charge in [0.05, 0.1) is 0 Å². The molecule has 43 heavy (non-hydrogen) atoms. The largest absolute Gasteiger partial charge is 0.329 e. The van der Waals surface area contributed by atoms with Crippen molar-refractivity contribution in [1.29, 1.82) is 0 Å². The van der Waals surface area contributed by atoms with Crippen LogP contribution in [0.15, 0.2) is 24.3 Å². The van der Waals surface area contributed by atoms with E-state index in [9.17, 15) is 14.0 Å². The van der Waals surface area contributed by atoms with Crippen molar-refractivity contribution in [2.45, 2.75) is 111 Å². The zero-order chi connectivity index (χ0) is 33.5. The molecule has 1 aromatic carbocycles. The summed E-state index contributed by atoms with van der Waals surface area (Å²) in [6.45, 7) is 11.3. The molecular formula is C33H63FN4O3S2. The fraction of sp³-hybridized carbons (Fsp3) is 0.727. The van der Waals surface area contributed by atoms with E-state index < -0.39 is 6.67 Å². The monoisotopic (exact) mass is 646 g/mol. The number of rotatable bonds is 11. The topological polar surface area (TPSA) is 105 Å². The first-order valence-corrected chi connectivity index (χ1v) is 17.1. The smallest absolute Gasteiger partial charge is 0.216 e. The number of hydrogen-bond acceptors (Lipinski definition) is 7. The minimum atomic E-state index is -0.460. The molecule has 1 aliphatic heterocycles. The first-order chi connectivity index (χ1) is 20.8. The van der Waals surface area contributed by atoms with Crippen molar-refractivity contribution in [3.8, 4) is 0 Å². The number of halogens is 1. The highest BCUT2D eigenvalue weighted by molar-refractivity contribution is 7.79. The zero-order valence-electron chi connectivity index (χ0n) is 27.9. The Balaban J connectivity index is -0.000000500. The van der Waals surface area contributed by atoms with E-state index in [1.54, 1.807) is 6.26 Å². The van der Waals surface area contributed by atoms with Crippen LogP contribution in [0.2, 0.25) is 0 Å². The summed E-state index contributed by atoms with van der Waals surface area (Å²) in [5.74, 6) is 2.22. The molecule has 1 saturated heterocycles. The van der Waals surface area contributed by atoms with E-state index in [0.717, 1.165) is 49.1 Å². The summed E-state index contributed by atoms with van der Waals surface area (Å²) in [4.78, 5) is 31.9. The summed E-state index contributed by atoms with van der Waals surface area (Å²) in [6.07, 6.45) is 16.1. The predicted octanol–water partition coefficient (Wildman–Crippen LogP) is 7.30. The summed E-state index contributed by atoms with van der Waals surface area (Å²) < 4.78 is 13.8. The third kappa shape index (κ3) is 24.4. The van der Waals surface area contributed by atoms with Crippen LogP contribution in [0.1, 0.15) is 97.5 Å². The van der Waals surface area contributed by atoms with E-state index in [2.05, 4.69) is 49.6 Å². The van der Waals surface area contributed by atoms with Crippen molar-refractivity contribution in [3.05, 3.63) is 29.8 Å². The number of benzene rings is 1. The molecule has 2 amide bonds. The lowest BCUT2D eigenvalue weighted by Crippen LogP contribution is -2.30. The molecule has 1 aromatic rings. The molecule has 1 saturated carbocycles. The quantitative estimate of drug-likeness (QED) is 0.128. The molecule has 0 bridgehead atoms. The van der Waals surface area contributed by atoms with Gasteiger partial charge in [-0.3, -0.25) is 9.59 Å². The maximum atomic E-state index is 11.9. The predicted molar refractivity (Wildman–Crippen MR) is 190 cm³/mol. The minimum absolute atomic E-state index is 0.136. The van der Waals surface area contributed by atoms with E-state index in [0.29, 0.717) is 19.2 Å². The highest BCUT2D eigenvalue weighted by Gasteiger charge is 2.34. The SMILES string of the molecule is CC.CC1C(C2CCCCC2)CCN1C.CCC(C=O)CCCC(N)CF.CS.Cc1ccc(NC=O)cc1.O=CNS. The molecule has 3 rings (SSSR count). The number of thiol groups is 2.